The van der Waals surface area contributed by atoms with Gasteiger partial charge in [-0.3, -0.25) is 14.7 Å². The van der Waals surface area contributed by atoms with Gasteiger partial charge in [0.2, 0.25) is 5.91 Å². The molecular weight excluding hydrogens is 344 g/mol. The molecule has 1 aromatic heterocycles. The highest BCUT2D eigenvalue weighted by atomic mass is 19.1. The first-order chi connectivity index (χ1) is 12.5. The van der Waals surface area contributed by atoms with Gasteiger partial charge in [-0.15, -0.1) is 0 Å². The molecule has 1 aliphatic heterocycles. The molecule has 3 rings (SSSR count). The maximum Gasteiger partial charge on any atom is 0.414 e. The van der Waals surface area contributed by atoms with Crippen molar-refractivity contribution in [2.24, 2.45) is 5.73 Å². The summed E-state index contributed by atoms with van der Waals surface area (Å²) in [6.07, 6.45) is 0.776. The van der Waals surface area contributed by atoms with Crippen molar-refractivity contribution in [1.82, 2.24) is 4.98 Å². The van der Waals surface area contributed by atoms with Crippen LogP contribution in [-0.2, 0) is 16.2 Å². The normalized spacial score (nSPS) is 16.6. The van der Waals surface area contributed by atoms with Gasteiger partial charge in [0.05, 0.1) is 17.9 Å². The third-order valence-corrected chi connectivity index (χ3v) is 4.12. The van der Waals surface area contributed by atoms with Crippen molar-refractivity contribution in [3.63, 3.8) is 0 Å². The summed E-state index contributed by atoms with van der Waals surface area (Å²) in [5.74, 6) is -1.02. The highest BCUT2D eigenvalue weighted by Gasteiger charge is 2.32. The molecule has 136 valence electrons. The van der Waals surface area contributed by atoms with E-state index < -0.39 is 30.6 Å². The van der Waals surface area contributed by atoms with Crippen molar-refractivity contribution in [2.75, 3.05) is 11.4 Å². The van der Waals surface area contributed by atoms with Gasteiger partial charge in [-0.2, -0.15) is 0 Å². The Morgan fingerprint density at radius 1 is 1.35 bits per heavy atom. The summed E-state index contributed by atoms with van der Waals surface area (Å²) in [4.78, 5) is 28.0. The van der Waals surface area contributed by atoms with E-state index in [1.807, 2.05) is 0 Å². The molecule has 1 aliphatic rings. The zero-order chi connectivity index (χ0) is 18.7. The summed E-state index contributed by atoms with van der Waals surface area (Å²) >= 11 is 0. The van der Waals surface area contributed by atoms with Gasteiger partial charge in [0.15, 0.2) is 0 Å². The number of carbonyl (C=O) groups is 2. The summed E-state index contributed by atoms with van der Waals surface area (Å²) < 4.78 is 32.5. The molecule has 1 atom stereocenters. The number of aromatic nitrogens is 1. The van der Waals surface area contributed by atoms with Gasteiger partial charge >= 0.3 is 6.09 Å². The fourth-order valence-corrected chi connectivity index (χ4v) is 2.81. The lowest BCUT2D eigenvalue weighted by Gasteiger charge is -2.14. The van der Waals surface area contributed by atoms with Crippen LogP contribution in [0.2, 0.25) is 0 Å². The van der Waals surface area contributed by atoms with Crippen LogP contribution in [0, 0.1) is 5.82 Å². The number of benzene rings is 1. The number of nitrogens with zero attached hydrogens (tertiary/aromatic N) is 2. The van der Waals surface area contributed by atoms with E-state index in [4.69, 9.17) is 10.5 Å². The Hall–Kier alpha value is -3.03. The highest BCUT2D eigenvalue weighted by Crippen LogP contribution is 2.29. The van der Waals surface area contributed by atoms with Crippen LogP contribution in [0.25, 0.3) is 11.1 Å². The summed E-state index contributed by atoms with van der Waals surface area (Å²) in [5.41, 5.74) is 6.43. The minimum absolute atomic E-state index is 0.109. The van der Waals surface area contributed by atoms with E-state index in [2.05, 4.69) is 4.98 Å². The molecule has 0 spiro atoms. The fraction of sp³-hybridized carbons (Fsp3) is 0.278. The Bertz CT molecular complexity index is 844. The average Bonchev–Trinajstić information content (AvgIpc) is 3.00. The summed E-state index contributed by atoms with van der Waals surface area (Å²) in [6.45, 7) is -0.522. The quantitative estimate of drug-likeness (QED) is 0.857. The smallest absolute Gasteiger partial charge is 0.414 e. The van der Waals surface area contributed by atoms with Crippen molar-refractivity contribution in [3.05, 3.63) is 48.0 Å². The van der Waals surface area contributed by atoms with Gasteiger partial charge < -0.3 is 10.5 Å². The Balaban J connectivity index is 1.79. The predicted octanol–water partition coefficient (Wildman–Crippen LogP) is 2.95. The van der Waals surface area contributed by atoms with Crippen LogP contribution >= 0.6 is 0 Å². The molecule has 8 heteroatoms. The number of carbonyl (C=O) groups excluding carboxylic acids is 2. The van der Waals surface area contributed by atoms with Crippen LogP contribution in [0.3, 0.4) is 0 Å². The third-order valence-electron chi connectivity index (χ3n) is 4.12. The predicted molar refractivity (Wildman–Crippen MR) is 90.5 cm³/mol. The first kappa shape index (κ1) is 17.8. The molecule has 0 saturated carbocycles. The number of cyclic esters (lactones) is 1. The summed E-state index contributed by atoms with van der Waals surface area (Å²) in [7, 11) is 0. The van der Waals surface area contributed by atoms with Gasteiger partial charge in [0, 0.05) is 18.2 Å². The lowest BCUT2D eigenvalue weighted by Crippen LogP contribution is -2.25. The molecular formula is C18H17F2N3O3. The lowest BCUT2D eigenvalue weighted by molar-refractivity contribution is -0.118. The molecule has 0 aliphatic carbocycles. The molecule has 2 amide bonds. The number of pyridine rings is 1. The molecule has 6 nitrogen and oxygen atoms in total. The van der Waals surface area contributed by atoms with Crippen molar-refractivity contribution in [1.29, 1.82) is 0 Å². The van der Waals surface area contributed by atoms with Crippen LogP contribution < -0.4 is 10.6 Å². The van der Waals surface area contributed by atoms with Crippen molar-refractivity contribution in [2.45, 2.75) is 25.6 Å². The van der Waals surface area contributed by atoms with E-state index in [9.17, 15) is 18.4 Å². The van der Waals surface area contributed by atoms with Crippen LogP contribution in [0.1, 0.15) is 18.5 Å². The fourth-order valence-electron chi connectivity index (χ4n) is 2.81. The van der Waals surface area contributed by atoms with Gasteiger partial charge in [-0.1, -0.05) is 0 Å². The maximum absolute atomic E-state index is 14.5. The van der Waals surface area contributed by atoms with Crippen LogP contribution in [0.4, 0.5) is 19.3 Å². The number of primary amides is 1. The van der Waals surface area contributed by atoms with Gasteiger partial charge in [-0.25, -0.2) is 13.6 Å². The molecule has 1 fully saturated rings. The Labute approximate surface area is 148 Å². The minimum Gasteiger partial charge on any atom is -0.444 e. The minimum atomic E-state index is -0.736. The summed E-state index contributed by atoms with van der Waals surface area (Å²) in [6, 6.07) is 7.39. The molecule has 0 radical (unpaired) electrons. The number of hydrogen-bond donors (Lipinski definition) is 1. The SMILES string of the molecule is NC(=O)CCC1CN(c2ccc(-c3ccnc(CF)c3)c(F)c2)C(=O)O1. The molecule has 2 aromatic rings. The van der Waals surface area contributed by atoms with E-state index >= 15 is 0 Å². The third kappa shape index (κ3) is 3.79. The highest BCUT2D eigenvalue weighted by molar-refractivity contribution is 5.90. The van der Waals surface area contributed by atoms with Crippen molar-refractivity contribution in [3.8, 4) is 11.1 Å². The number of amides is 2. The van der Waals surface area contributed by atoms with Crippen LogP contribution in [0.5, 0.6) is 0 Å². The summed E-state index contributed by atoms with van der Waals surface area (Å²) in [5, 5.41) is 0. The van der Waals surface area contributed by atoms with Crippen LogP contribution in [-0.4, -0.2) is 29.6 Å². The van der Waals surface area contributed by atoms with E-state index in [0.717, 1.165) is 0 Å². The van der Waals surface area contributed by atoms with Gasteiger partial charge in [-0.05, 0) is 42.3 Å². The number of hydrogen-bond acceptors (Lipinski definition) is 4. The van der Waals surface area contributed by atoms with E-state index in [-0.39, 0.29) is 24.2 Å². The van der Waals surface area contributed by atoms with Crippen LogP contribution in [0.15, 0.2) is 36.5 Å². The molecule has 2 N–H and O–H groups in total. The van der Waals surface area contributed by atoms with E-state index in [1.54, 1.807) is 12.1 Å². The number of rotatable bonds is 6. The maximum atomic E-state index is 14.5. The first-order valence-corrected chi connectivity index (χ1v) is 8.05. The van der Waals surface area contributed by atoms with E-state index in [0.29, 0.717) is 17.7 Å². The monoisotopic (exact) mass is 361 g/mol. The van der Waals surface area contributed by atoms with Crippen molar-refractivity contribution < 1.29 is 23.1 Å². The molecule has 1 unspecified atom stereocenters. The van der Waals surface area contributed by atoms with Crippen molar-refractivity contribution >= 4 is 17.7 Å². The second kappa shape index (κ2) is 7.47. The first-order valence-electron chi connectivity index (χ1n) is 8.05. The molecule has 1 aromatic carbocycles. The molecule has 1 saturated heterocycles. The molecule has 26 heavy (non-hydrogen) atoms. The number of nitrogens with two attached hydrogens (primary N) is 1. The Morgan fingerprint density at radius 2 is 2.15 bits per heavy atom. The molecule has 2 heterocycles. The average molecular weight is 361 g/mol. The standard InChI is InChI=1S/C18H17F2N3O3/c19-9-12-7-11(5-6-22-12)15-3-1-13(8-16(15)20)23-10-14(26-18(23)25)2-4-17(21)24/h1,3,5-8,14H,2,4,9-10H2,(H2,21,24). The van der Waals surface area contributed by atoms with Gasteiger partial charge in [0.25, 0.3) is 0 Å². The second-order valence-electron chi connectivity index (χ2n) is 5.95. The van der Waals surface area contributed by atoms with Gasteiger partial charge in [0.1, 0.15) is 18.6 Å². The number of anilines is 1. The second-order valence-corrected chi connectivity index (χ2v) is 5.95. The Morgan fingerprint density at radius 3 is 2.85 bits per heavy atom. The zero-order valence-corrected chi connectivity index (χ0v) is 13.8. The topological polar surface area (TPSA) is 85.5 Å². The number of alkyl halides is 1. The molecule has 0 bridgehead atoms. The number of halogens is 2. The Kier molecular flexibility index (Phi) is 5.11. The largest absolute Gasteiger partial charge is 0.444 e. The van der Waals surface area contributed by atoms with E-state index in [1.165, 1.54) is 29.3 Å². The lowest BCUT2D eigenvalue weighted by atomic mass is 10.0. The zero-order valence-electron chi connectivity index (χ0n) is 13.8. The number of ether oxygens (including phenoxy) is 1.